The lowest BCUT2D eigenvalue weighted by molar-refractivity contribution is -0.148. The van der Waals surface area contributed by atoms with Gasteiger partial charge in [-0.05, 0) is 37.8 Å². The molecule has 0 bridgehead atoms. The predicted molar refractivity (Wildman–Crippen MR) is 158 cm³/mol. The van der Waals surface area contributed by atoms with Crippen LogP contribution < -0.4 is 15.8 Å². The van der Waals surface area contributed by atoms with Gasteiger partial charge in [0.05, 0.1) is 34.8 Å². The Morgan fingerprint density at radius 3 is 2.86 bits per heavy atom. The van der Waals surface area contributed by atoms with Crippen molar-refractivity contribution in [2.45, 2.75) is 68.7 Å². The zero-order chi connectivity index (χ0) is 29.4. The summed E-state index contributed by atoms with van der Waals surface area (Å²) in [6, 6.07) is 2.25. The van der Waals surface area contributed by atoms with E-state index in [1.54, 1.807) is 18.5 Å². The molecule has 5 heterocycles. The van der Waals surface area contributed by atoms with Gasteiger partial charge < -0.3 is 30.0 Å². The molecule has 3 aliphatic rings. The SMILES string of the molecule is COC(=O)[C@@]12C[C@H]1/C=C\CCCCC[C@H](N)C(=O)N1C[C@H](Oc3ccnc4cc(-c5nccn5C)sc34)C[C@H]1C(=O)N2. The molecular formula is C30H36N6O5S. The maximum atomic E-state index is 13.8. The Labute approximate surface area is 248 Å². The number of pyridine rings is 1. The number of hydrogen-bond acceptors (Lipinski definition) is 9. The standard InChI is InChI=1S/C30H36N6O5S/c1-35-13-12-33-26(35)24-15-21-25(42-24)23(10-11-32-21)41-19-14-22-27(37)34-30(29(39)40-2)16-18(30)8-6-4-3-5-7-9-20(31)28(38)36(22)17-19/h6,8,10-13,15,18-20,22H,3-5,7,9,14,16-17,31H2,1-2H3,(H,34,37)/b8-6-/t18-,19-,20+,22+,30-/m1/s1. The number of carbonyl (C=O) groups excluding carboxylic acids is 3. The fourth-order valence-electron chi connectivity index (χ4n) is 6.11. The summed E-state index contributed by atoms with van der Waals surface area (Å²) in [5.74, 6) is 0.174. The number of imidazole rings is 1. The van der Waals surface area contributed by atoms with Crippen molar-refractivity contribution in [2.24, 2.45) is 18.7 Å². The van der Waals surface area contributed by atoms with Crippen LogP contribution in [0.1, 0.15) is 44.9 Å². The third kappa shape index (κ3) is 5.29. The van der Waals surface area contributed by atoms with Gasteiger partial charge in [-0.25, -0.2) is 9.78 Å². The number of fused-ring (bicyclic) bond motifs is 3. The summed E-state index contributed by atoms with van der Waals surface area (Å²) in [7, 11) is 3.26. The van der Waals surface area contributed by atoms with Crippen LogP contribution in [0.25, 0.3) is 20.9 Å². The fraction of sp³-hybridized carbons (Fsp3) is 0.500. The van der Waals surface area contributed by atoms with Gasteiger partial charge in [0.15, 0.2) is 0 Å². The highest BCUT2D eigenvalue weighted by molar-refractivity contribution is 7.22. The molecule has 222 valence electrons. The van der Waals surface area contributed by atoms with E-state index < -0.39 is 35.6 Å². The number of hydrogen-bond donors (Lipinski definition) is 2. The highest BCUT2D eigenvalue weighted by Crippen LogP contribution is 2.46. The van der Waals surface area contributed by atoms with E-state index in [4.69, 9.17) is 15.2 Å². The van der Waals surface area contributed by atoms with E-state index >= 15 is 0 Å². The minimum absolute atomic E-state index is 0.143. The molecule has 3 aromatic rings. The van der Waals surface area contributed by atoms with E-state index in [2.05, 4.69) is 21.4 Å². The number of aromatic nitrogens is 3. The largest absolute Gasteiger partial charge is 0.487 e. The second kappa shape index (κ2) is 11.5. The molecule has 6 rings (SSSR count). The van der Waals surface area contributed by atoms with Crippen LogP contribution in [0.4, 0.5) is 0 Å². The molecule has 0 spiro atoms. The number of esters is 1. The van der Waals surface area contributed by atoms with E-state index in [9.17, 15) is 14.4 Å². The molecule has 2 amide bonds. The number of ether oxygens (including phenoxy) is 2. The van der Waals surface area contributed by atoms with Crippen molar-refractivity contribution in [3.05, 3.63) is 42.9 Å². The van der Waals surface area contributed by atoms with Gasteiger partial charge in [0.1, 0.15) is 29.3 Å². The van der Waals surface area contributed by atoms with Gasteiger partial charge in [0.25, 0.3) is 0 Å². The molecule has 3 N–H and O–H groups in total. The Morgan fingerprint density at radius 1 is 1.21 bits per heavy atom. The van der Waals surface area contributed by atoms with Crippen molar-refractivity contribution in [1.82, 2.24) is 24.8 Å². The molecule has 1 aliphatic carbocycles. The monoisotopic (exact) mass is 592 g/mol. The van der Waals surface area contributed by atoms with Gasteiger partial charge >= 0.3 is 5.97 Å². The normalized spacial score (nSPS) is 29.2. The van der Waals surface area contributed by atoms with Crippen LogP contribution >= 0.6 is 11.3 Å². The number of methoxy groups -OCH3 is 1. The van der Waals surface area contributed by atoms with E-state index in [1.165, 1.54) is 23.3 Å². The first kappa shape index (κ1) is 28.4. The molecule has 2 fully saturated rings. The number of nitrogens with one attached hydrogen (secondary N) is 1. The van der Waals surface area contributed by atoms with Gasteiger partial charge in [0.2, 0.25) is 11.8 Å². The summed E-state index contributed by atoms with van der Waals surface area (Å²) >= 11 is 1.53. The molecule has 42 heavy (non-hydrogen) atoms. The van der Waals surface area contributed by atoms with E-state index in [1.807, 2.05) is 30.0 Å². The summed E-state index contributed by atoms with van der Waals surface area (Å²) in [6.45, 7) is 0.209. The predicted octanol–water partition coefficient (Wildman–Crippen LogP) is 2.94. The molecule has 2 aliphatic heterocycles. The highest BCUT2D eigenvalue weighted by Gasteiger charge is 2.62. The molecule has 3 aromatic heterocycles. The minimum atomic E-state index is -1.12. The first-order valence-corrected chi connectivity index (χ1v) is 15.3. The van der Waals surface area contributed by atoms with Gasteiger partial charge in [-0.3, -0.25) is 14.6 Å². The summed E-state index contributed by atoms with van der Waals surface area (Å²) < 4.78 is 14.4. The second-order valence-corrected chi connectivity index (χ2v) is 12.5. The number of aryl methyl sites for hydroxylation is 1. The number of allylic oxidation sites excluding steroid dienone is 1. The van der Waals surface area contributed by atoms with Crippen molar-refractivity contribution >= 4 is 39.3 Å². The number of rotatable bonds is 4. The summed E-state index contributed by atoms with van der Waals surface area (Å²) in [6.07, 6.45) is 13.8. The van der Waals surface area contributed by atoms with Gasteiger partial charge in [0, 0.05) is 38.0 Å². The molecule has 12 heteroatoms. The lowest BCUT2D eigenvalue weighted by Crippen LogP contribution is -2.55. The molecule has 0 unspecified atom stereocenters. The number of thiophene rings is 1. The molecule has 11 nitrogen and oxygen atoms in total. The van der Waals surface area contributed by atoms with E-state index in [-0.39, 0.29) is 24.8 Å². The Bertz CT molecular complexity index is 1530. The number of nitrogens with zero attached hydrogens (tertiary/aromatic N) is 4. The Kier molecular flexibility index (Phi) is 7.75. The highest BCUT2D eigenvalue weighted by atomic mass is 32.1. The summed E-state index contributed by atoms with van der Waals surface area (Å²) in [5, 5.41) is 2.96. The van der Waals surface area contributed by atoms with Crippen molar-refractivity contribution in [1.29, 1.82) is 0 Å². The Morgan fingerprint density at radius 2 is 2.07 bits per heavy atom. The third-order valence-electron chi connectivity index (χ3n) is 8.54. The minimum Gasteiger partial charge on any atom is -0.487 e. The number of nitrogens with two attached hydrogens (primary N) is 1. The van der Waals surface area contributed by atoms with Crippen molar-refractivity contribution < 1.29 is 23.9 Å². The maximum Gasteiger partial charge on any atom is 0.332 e. The molecule has 0 aromatic carbocycles. The fourth-order valence-corrected chi connectivity index (χ4v) is 7.22. The van der Waals surface area contributed by atoms with Crippen LogP contribution in [0, 0.1) is 5.92 Å². The van der Waals surface area contributed by atoms with Crippen molar-refractivity contribution in [3.8, 4) is 16.5 Å². The first-order chi connectivity index (χ1) is 20.3. The first-order valence-electron chi connectivity index (χ1n) is 14.5. The summed E-state index contributed by atoms with van der Waals surface area (Å²) in [5.41, 5.74) is 6.03. The van der Waals surface area contributed by atoms with Crippen LogP contribution in [-0.2, 0) is 26.2 Å². The lowest BCUT2D eigenvalue weighted by Gasteiger charge is -2.28. The maximum absolute atomic E-state index is 13.8. The van der Waals surface area contributed by atoms with Crippen LogP contribution in [0.3, 0.4) is 0 Å². The van der Waals surface area contributed by atoms with Crippen LogP contribution in [-0.4, -0.2) is 74.6 Å². The van der Waals surface area contributed by atoms with Crippen LogP contribution in [0.15, 0.2) is 42.9 Å². The van der Waals surface area contributed by atoms with Crippen LogP contribution in [0.5, 0.6) is 5.75 Å². The second-order valence-electron chi connectivity index (χ2n) is 11.4. The van der Waals surface area contributed by atoms with Crippen LogP contribution in [0.2, 0.25) is 0 Å². The Balaban J connectivity index is 1.27. The number of amides is 2. The quantitative estimate of drug-likeness (QED) is 0.348. The zero-order valence-electron chi connectivity index (χ0n) is 23.8. The van der Waals surface area contributed by atoms with Gasteiger partial charge in [-0.2, -0.15) is 0 Å². The van der Waals surface area contributed by atoms with Gasteiger partial charge in [-0.15, -0.1) is 11.3 Å². The molecule has 5 atom stereocenters. The van der Waals surface area contributed by atoms with E-state index in [0.29, 0.717) is 18.6 Å². The molecule has 1 saturated carbocycles. The summed E-state index contributed by atoms with van der Waals surface area (Å²) in [4.78, 5) is 51.6. The average Bonchev–Trinajstić information content (AvgIpc) is 3.34. The van der Waals surface area contributed by atoms with E-state index in [0.717, 1.165) is 46.6 Å². The third-order valence-corrected chi connectivity index (χ3v) is 9.68. The van der Waals surface area contributed by atoms with Gasteiger partial charge in [-0.1, -0.05) is 25.0 Å². The smallest absolute Gasteiger partial charge is 0.332 e. The molecular weight excluding hydrogens is 556 g/mol. The average molecular weight is 593 g/mol. The van der Waals surface area contributed by atoms with Crippen molar-refractivity contribution in [2.75, 3.05) is 13.7 Å². The Hall–Kier alpha value is -3.77. The number of carbonyl (C=O) groups is 3. The topological polar surface area (TPSA) is 142 Å². The molecule has 0 radical (unpaired) electrons. The molecule has 1 saturated heterocycles. The zero-order valence-corrected chi connectivity index (χ0v) is 24.6. The lowest BCUT2D eigenvalue weighted by atomic mass is 10.1. The van der Waals surface area contributed by atoms with Crippen molar-refractivity contribution in [3.63, 3.8) is 0 Å².